The maximum absolute atomic E-state index is 5.52. The minimum atomic E-state index is 0. The van der Waals surface area contributed by atoms with Crippen LogP contribution in [0.1, 0.15) is 45.4 Å². The highest BCUT2D eigenvalue weighted by Gasteiger charge is 1.94. The molecule has 0 amide bonds. The molecule has 1 atom stereocenters. The van der Waals surface area contributed by atoms with Gasteiger partial charge >= 0.3 is 0 Å². The van der Waals surface area contributed by atoms with E-state index in [0.29, 0.717) is 0 Å². The Morgan fingerprint density at radius 1 is 1.18 bits per heavy atom. The van der Waals surface area contributed by atoms with Gasteiger partial charge in [0.25, 0.3) is 0 Å². The molecule has 0 bridgehead atoms. The number of alkyl halides is 1. The smallest absolute Gasteiger partial charge is 0.0605 e. The predicted octanol–water partition coefficient (Wildman–Crippen LogP) is 3.64. The second-order valence-corrected chi connectivity index (χ2v) is 3.90. The van der Waals surface area contributed by atoms with Crippen molar-refractivity contribution in [2.45, 2.75) is 50.4 Å². The molecule has 0 fully saturated rings. The fourth-order valence-electron chi connectivity index (χ4n) is 0.943. The van der Waals surface area contributed by atoms with Crippen LogP contribution in [0.15, 0.2) is 0 Å². The third-order valence-electron chi connectivity index (χ3n) is 1.58. The van der Waals surface area contributed by atoms with Gasteiger partial charge in [-0.1, -0.05) is 55.0 Å². The van der Waals surface area contributed by atoms with E-state index in [1.807, 2.05) is 0 Å². The lowest BCUT2D eigenvalue weighted by molar-refractivity contribution is 0.604. The van der Waals surface area contributed by atoms with Crippen LogP contribution in [0.25, 0.3) is 0 Å². The molecule has 0 heterocycles. The number of hydrogen-bond donors (Lipinski definition) is 1. The average molecular weight is 336 g/mol. The molecule has 0 aromatic rings. The highest BCUT2D eigenvalue weighted by atomic mass is 127. The molecule has 3 heteroatoms. The highest BCUT2D eigenvalue weighted by molar-refractivity contribution is 14.0. The fraction of sp³-hybridized carbons (Fsp3) is 1.00. The summed E-state index contributed by atoms with van der Waals surface area (Å²) in [4.78, 5) is 0.217. The molecule has 70 valence electrons. The molecule has 0 aromatic heterocycles. The SMILES string of the molecule is CCCCCCCC(N)Br.I. The zero-order valence-electron chi connectivity index (χ0n) is 7.18. The van der Waals surface area contributed by atoms with Crippen molar-refractivity contribution in [1.82, 2.24) is 0 Å². The molecule has 0 aliphatic heterocycles. The van der Waals surface area contributed by atoms with E-state index in [1.54, 1.807) is 0 Å². The van der Waals surface area contributed by atoms with Gasteiger partial charge in [-0.2, -0.15) is 0 Å². The van der Waals surface area contributed by atoms with Crippen molar-refractivity contribution in [2.24, 2.45) is 5.73 Å². The van der Waals surface area contributed by atoms with Crippen molar-refractivity contribution in [1.29, 1.82) is 0 Å². The van der Waals surface area contributed by atoms with Gasteiger partial charge in [-0.3, -0.25) is 0 Å². The Bertz CT molecular complexity index is 69.1. The summed E-state index contributed by atoms with van der Waals surface area (Å²) in [7, 11) is 0. The number of nitrogens with two attached hydrogens (primary N) is 1. The fourth-order valence-corrected chi connectivity index (χ4v) is 1.27. The van der Waals surface area contributed by atoms with Gasteiger partial charge in [0, 0.05) is 0 Å². The Kier molecular flexibility index (Phi) is 14.9. The Hall–Kier alpha value is 1.17. The van der Waals surface area contributed by atoms with Gasteiger partial charge in [0.05, 0.1) is 4.95 Å². The maximum Gasteiger partial charge on any atom is 0.0605 e. The molecule has 0 aromatic carbocycles. The molecule has 0 saturated carbocycles. The molecule has 1 unspecified atom stereocenters. The summed E-state index contributed by atoms with van der Waals surface area (Å²) in [5.41, 5.74) is 5.52. The van der Waals surface area contributed by atoms with Crippen LogP contribution in [0.4, 0.5) is 0 Å². The average Bonchev–Trinajstić information content (AvgIpc) is 1.87. The number of hydrogen-bond acceptors (Lipinski definition) is 1. The first kappa shape index (κ1) is 14.7. The van der Waals surface area contributed by atoms with Crippen LogP contribution < -0.4 is 5.73 Å². The first-order valence-corrected chi connectivity index (χ1v) is 5.08. The molecule has 0 rings (SSSR count). The Morgan fingerprint density at radius 3 is 2.18 bits per heavy atom. The maximum atomic E-state index is 5.52. The van der Waals surface area contributed by atoms with Crippen molar-refractivity contribution in [2.75, 3.05) is 0 Å². The van der Waals surface area contributed by atoms with Gasteiger partial charge in [-0.15, -0.1) is 24.0 Å². The molecule has 0 spiro atoms. The third kappa shape index (κ3) is 14.1. The van der Waals surface area contributed by atoms with Crippen molar-refractivity contribution in [3.05, 3.63) is 0 Å². The van der Waals surface area contributed by atoms with Crippen LogP contribution in [0.5, 0.6) is 0 Å². The van der Waals surface area contributed by atoms with Gasteiger partial charge in [0.15, 0.2) is 0 Å². The summed E-state index contributed by atoms with van der Waals surface area (Å²) in [6.07, 6.45) is 7.79. The van der Waals surface area contributed by atoms with Crippen LogP contribution >= 0.6 is 39.9 Å². The summed E-state index contributed by atoms with van der Waals surface area (Å²) in [5, 5.41) is 0. The summed E-state index contributed by atoms with van der Waals surface area (Å²) in [5.74, 6) is 0. The monoisotopic (exact) mass is 335 g/mol. The minimum Gasteiger partial charge on any atom is -0.319 e. The van der Waals surface area contributed by atoms with Gasteiger partial charge in [-0.05, 0) is 6.42 Å². The van der Waals surface area contributed by atoms with Crippen LogP contribution in [0.2, 0.25) is 0 Å². The number of unbranched alkanes of at least 4 members (excludes halogenated alkanes) is 4. The molecule has 0 saturated heterocycles. The molecule has 2 N–H and O–H groups in total. The molecular formula is C8H19BrIN. The minimum absolute atomic E-state index is 0. The standard InChI is InChI=1S/C8H18BrN.HI/c1-2-3-4-5-6-7-8(9)10;/h8H,2-7,10H2,1H3;1H. The largest absolute Gasteiger partial charge is 0.319 e. The lowest BCUT2D eigenvalue weighted by atomic mass is 10.1. The van der Waals surface area contributed by atoms with Gasteiger partial charge in [0.2, 0.25) is 0 Å². The van der Waals surface area contributed by atoms with E-state index in [2.05, 4.69) is 22.9 Å². The van der Waals surface area contributed by atoms with Crippen LogP contribution in [-0.4, -0.2) is 4.95 Å². The van der Waals surface area contributed by atoms with Crippen molar-refractivity contribution < 1.29 is 0 Å². The summed E-state index contributed by atoms with van der Waals surface area (Å²) in [6.45, 7) is 2.23. The van der Waals surface area contributed by atoms with Crippen molar-refractivity contribution in [3.8, 4) is 0 Å². The molecule has 0 aliphatic rings. The van der Waals surface area contributed by atoms with Gasteiger partial charge in [-0.25, -0.2) is 0 Å². The van der Waals surface area contributed by atoms with E-state index < -0.39 is 0 Å². The second-order valence-electron chi connectivity index (χ2n) is 2.72. The third-order valence-corrected chi connectivity index (χ3v) is 2.04. The number of rotatable bonds is 6. The first-order chi connectivity index (χ1) is 4.77. The van der Waals surface area contributed by atoms with Crippen LogP contribution in [-0.2, 0) is 0 Å². The molecule has 0 aliphatic carbocycles. The van der Waals surface area contributed by atoms with Gasteiger partial charge in [0.1, 0.15) is 0 Å². The van der Waals surface area contributed by atoms with Crippen LogP contribution in [0, 0.1) is 0 Å². The summed E-state index contributed by atoms with van der Waals surface area (Å²) >= 11 is 3.32. The van der Waals surface area contributed by atoms with E-state index in [9.17, 15) is 0 Å². The highest BCUT2D eigenvalue weighted by Crippen LogP contribution is 2.08. The topological polar surface area (TPSA) is 26.0 Å². The Morgan fingerprint density at radius 2 is 1.73 bits per heavy atom. The lowest BCUT2D eigenvalue weighted by Crippen LogP contribution is -2.09. The van der Waals surface area contributed by atoms with E-state index in [0.717, 1.165) is 6.42 Å². The van der Waals surface area contributed by atoms with Crippen LogP contribution in [0.3, 0.4) is 0 Å². The summed E-state index contributed by atoms with van der Waals surface area (Å²) < 4.78 is 0. The van der Waals surface area contributed by atoms with E-state index in [4.69, 9.17) is 5.73 Å². The van der Waals surface area contributed by atoms with E-state index in [1.165, 1.54) is 32.1 Å². The molecular weight excluding hydrogens is 317 g/mol. The van der Waals surface area contributed by atoms with E-state index in [-0.39, 0.29) is 28.9 Å². The molecule has 0 radical (unpaired) electrons. The zero-order valence-corrected chi connectivity index (χ0v) is 11.1. The quantitative estimate of drug-likeness (QED) is 0.341. The number of halogens is 2. The molecule has 1 nitrogen and oxygen atoms in total. The second kappa shape index (κ2) is 11.2. The normalized spacial score (nSPS) is 12.3. The van der Waals surface area contributed by atoms with Crippen molar-refractivity contribution >= 4 is 39.9 Å². The van der Waals surface area contributed by atoms with Crippen molar-refractivity contribution in [3.63, 3.8) is 0 Å². The molecule has 11 heavy (non-hydrogen) atoms. The first-order valence-electron chi connectivity index (χ1n) is 4.17. The van der Waals surface area contributed by atoms with E-state index >= 15 is 0 Å². The lowest BCUT2D eigenvalue weighted by Gasteiger charge is -2.01. The Balaban J connectivity index is 0. The Labute approximate surface area is 95.6 Å². The zero-order chi connectivity index (χ0) is 7.82. The van der Waals surface area contributed by atoms with Gasteiger partial charge < -0.3 is 5.73 Å². The predicted molar refractivity (Wildman–Crippen MR) is 65.7 cm³/mol. The summed E-state index contributed by atoms with van der Waals surface area (Å²) in [6, 6.07) is 0.